The minimum absolute atomic E-state index is 0.0246. The Morgan fingerprint density at radius 1 is 0.913 bits per heavy atom. The molecule has 14 atom stereocenters. The summed E-state index contributed by atoms with van der Waals surface area (Å²) in [5.74, 6) is -1.06. The van der Waals surface area contributed by atoms with Gasteiger partial charge in [0, 0.05) is 44.2 Å². The van der Waals surface area contributed by atoms with Crippen molar-refractivity contribution >= 4 is 11.8 Å². The van der Waals surface area contributed by atoms with Crippen molar-refractivity contribution in [2.75, 3.05) is 21.2 Å². The summed E-state index contributed by atoms with van der Waals surface area (Å²) < 4.78 is 31.6. The third kappa shape index (κ3) is 11.5. The molecule has 11 heteroatoms. The molecule has 0 saturated carbocycles. The van der Waals surface area contributed by atoms with Crippen molar-refractivity contribution < 1.29 is 48.6 Å². The van der Waals surface area contributed by atoms with Crippen molar-refractivity contribution in [2.24, 2.45) is 23.7 Å². The van der Waals surface area contributed by atoms with Crippen LogP contribution in [0.1, 0.15) is 107 Å². The maximum Gasteiger partial charge on any atom is 0.308 e. The van der Waals surface area contributed by atoms with E-state index in [-0.39, 0.29) is 54.8 Å². The van der Waals surface area contributed by atoms with E-state index in [1.807, 2.05) is 34.6 Å². The normalized spacial score (nSPS) is 43.7. The van der Waals surface area contributed by atoms with E-state index in [2.05, 4.69) is 32.8 Å². The van der Waals surface area contributed by atoms with Gasteiger partial charge < -0.3 is 43.9 Å². The van der Waals surface area contributed by atoms with Crippen LogP contribution in [0.3, 0.4) is 0 Å². The minimum Gasteiger partial charge on any atom is -0.459 e. The van der Waals surface area contributed by atoms with Crippen LogP contribution in [0.5, 0.6) is 0 Å². The number of carbonyl (C=O) groups excluding carboxylic acids is 2. The number of ketones is 1. The first-order valence-electron chi connectivity index (χ1n) is 17.4. The quantitative estimate of drug-likeness (QED) is 0.355. The Balaban J connectivity index is 0.00000361. The van der Waals surface area contributed by atoms with Crippen LogP contribution < -0.4 is 0 Å². The second-order valence-electron chi connectivity index (χ2n) is 14.6. The van der Waals surface area contributed by atoms with Gasteiger partial charge in [-0.1, -0.05) is 34.6 Å². The number of esters is 1. The van der Waals surface area contributed by atoms with Crippen molar-refractivity contribution in [3.05, 3.63) is 0 Å². The van der Waals surface area contributed by atoms with Gasteiger partial charge in [-0.3, -0.25) is 9.59 Å². The van der Waals surface area contributed by atoms with Gasteiger partial charge in [0.05, 0.1) is 42.5 Å². The fourth-order valence-electron chi connectivity index (χ4n) is 7.29. The highest BCUT2D eigenvalue weighted by atomic mass is 16.7. The highest BCUT2D eigenvalue weighted by molar-refractivity contribution is 5.80. The van der Waals surface area contributed by atoms with Crippen molar-refractivity contribution in [3.8, 4) is 0 Å². The van der Waals surface area contributed by atoms with E-state index in [4.69, 9.17) is 28.8 Å². The molecule has 270 valence electrons. The fourth-order valence-corrected chi connectivity index (χ4v) is 7.29. The third-order valence-electron chi connectivity index (χ3n) is 10.3. The number of rotatable bonds is 6. The smallest absolute Gasteiger partial charge is 0.308 e. The zero-order valence-electron chi connectivity index (χ0n) is 30.3. The number of Topliss-reactive ketones (excluding diaryl/α,β-unsaturated/α-hetero) is 1. The molecule has 3 saturated heterocycles. The predicted octanol–water partition coefficient (Wildman–Crippen LogP) is 4.08. The Bertz CT molecular complexity index is 919. The van der Waals surface area contributed by atoms with E-state index in [0.29, 0.717) is 31.7 Å². The van der Waals surface area contributed by atoms with Gasteiger partial charge in [-0.05, 0) is 72.4 Å². The summed E-state index contributed by atoms with van der Waals surface area (Å²) >= 11 is 0. The van der Waals surface area contributed by atoms with Gasteiger partial charge >= 0.3 is 5.97 Å². The van der Waals surface area contributed by atoms with Crippen LogP contribution in [0.15, 0.2) is 0 Å². The van der Waals surface area contributed by atoms with Gasteiger partial charge in [-0.15, -0.1) is 0 Å². The molecule has 0 spiro atoms. The molecular weight excluding hydrogens is 594 g/mol. The highest BCUT2D eigenvalue weighted by Gasteiger charge is 2.43. The van der Waals surface area contributed by atoms with Gasteiger partial charge in [0.25, 0.3) is 0 Å². The van der Waals surface area contributed by atoms with E-state index in [1.165, 1.54) is 0 Å². The molecule has 0 aromatic rings. The topological polar surface area (TPSA) is 144 Å². The SMILES string of the molecule is CCC1OC(=O)CC(O[C@H]2CC(C)C(O)C(C)O2)C(C)[C@@H](OC2CC(N(C)C)CC(C)O2)[C@@H](C)C[C@@H](C)C(=O)CC[C@]1(C)O.CO. The molecule has 0 amide bonds. The monoisotopic (exact) mass is 659 g/mol. The summed E-state index contributed by atoms with van der Waals surface area (Å²) in [6.45, 7) is 15.4. The molecule has 0 aliphatic carbocycles. The number of hydrogen-bond donors (Lipinski definition) is 3. The molecule has 11 nitrogen and oxygen atoms in total. The van der Waals surface area contributed by atoms with Gasteiger partial charge in [-0.2, -0.15) is 0 Å². The first-order chi connectivity index (χ1) is 21.5. The largest absolute Gasteiger partial charge is 0.459 e. The van der Waals surface area contributed by atoms with Gasteiger partial charge in [-0.25, -0.2) is 0 Å². The summed E-state index contributed by atoms with van der Waals surface area (Å²) in [4.78, 5) is 29.0. The lowest BCUT2D eigenvalue weighted by Crippen LogP contribution is -2.50. The van der Waals surface area contributed by atoms with Crippen LogP contribution in [-0.4, -0.2) is 114 Å². The summed E-state index contributed by atoms with van der Waals surface area (Å²) in [6, 6.07) is 0.305. The number of nitrogens with zero attached hydrogens (tertiary/aromatic N) is 1. The molecule has 3 rings (SSSR count). The number of carbonyl (C=O) groups is 2. The third-order valence-corrected chi connectivity index (χ3v) is 10.3. The molecule has 9 unspecified atom stereocenters. The number of aliphatic hydroxyl groups is 3. The highest BCUT2D eigenvalue weighted by Crippen LogP contribution is 2.36. The fraction of sp³-hybridized carbons (Fsp3) is 0.943. The zero-order chi connectivity index (χ0) is 34.9. The molecule has 0 bridgehead atoms. The standard InChI is InChI=1S/C34H61NO9.CH4O/c1-11-28-34(8,39)13-12-26(36)19(2)14-21(4)33(44-31-17-25(35(9)10)16-22(5)40-31)23(6)27(18-29(37)43-28)42-30-15-20(3)32(38)24(7)41-30;1-2/h19-25,27-28,30-33,38-39H,11-18H2,1-10H3;2H,1H3/t19-,20?,21+,22?,23?,24?,25?,27?,28?,30+,31?,32?,33+,34+;/m1./s1. The molecule has 3 N–H and O–H groups in total. The van der Waals surface area contributed by atoms with Crippen molar-refractivity contribution in [3.63, 3.8) is 0 Å². The van der Waals surface area contributed by atoms with E-state index >= 15 is 0 Å². The summed E-state index contributed by atoms with van der Waals surface area (Å²) in [5, 5.41) is 28.7. The maximum atomic E-state index is 13.5. The van der Waals surface area contributed by atoms with E-state index < -0.39 is 54.7 Å². The Morgan fingerprint density at radius 3 is 2.13 bits per heavy atom. The van der Waals surface area contributed by atoms with Gasteiger partial charge in [0.2, 0.25) is 0 Å². The Hall–Kier alpha value is -1.18. The van der Waals surface area contributed by atoms with Gasteiger partial charge in [0.15, 0.2) is 12.6 Å². The van der Waals surface area contributed by atoms with Crippen LogP contribution in [-0.2, 0) is 33.3 Å². The molecule has 3 heterocycles. The Morgan fingerprint density at radius 2 is 1.54 bits per heavy atom. The molecule has 0 aromatic carbocycles. The molecule has 0 radical (unpaired) electrons. The van der Waals surface area contributed by atoms with E-state index in [9.17, 15) is 19.8 Å². The van der Waals surface area contributed by atoms with Crippen molar-refractivity contribution in [2.45, 2.75) is 168 Å². The van der Waals surface area contributed by atoms with Crippen molar-refractivity contribution in [1.82, 2.24) is 4.90 Å². The van der Waals surface area contributed by atoms with Gasteiger partial charge in [0.1, 0.15) is 11.9 Å². The van der Waals surface area contributed by atoms with Crippen LogP contribution in [0.25, 0.3) is 0 Å². The molecule has 3 fully saturated rings. The van der Waals surface area contributed by atoms with Crippen LogP contribution >= 0.6 is 0 Å². The maximum absolute atomic E-state index is 13.5. The lowest BCUT2D eigenvalue weighted by Gasteiger charge is -2.43. The number of aliphatic hydroxyl groups excluding tert-OH is 2. The first-order valence-corrected chi connectivity index (χ1v) is 17.4. The molecular formula is C35H65NO10. The second-order valence-corrected chi connectivity index (χ2v) is 14.6. The molecule has 3 aliphatic rings. The Labute approximate surface area is 277 Å². The average molecular weight is 660 g/mol. The Kier molecular flexibility index (Phi) is 16.5. The van der Waals surface area contributed by atoms with Crippen LogP contribution in [0.2, 0.25) is 0 Å². The summed E-state index contributed by atoms with van der Waals surface area (Å²) in [5.41, 5.74) is -1.34. The lowest BCUT2D eigenvalue weighted by molar-refractivity contribution is -0.273. The number of cyclic esters (lactones) is 1. The lowest BCUT2D eigenvalue weighted by atomic mass is 9.80. The first kappa shape index (κ1) is 41.0. The van der Waals surface area contributed by atoms with Crippen molar-refractivity contribution in [1.29, 1.82) is 0 Å². The molecule has 46 heavy (non-hydrogen) atoms. The van der Waals surface area contributed by atoms with E-state index in [1.54, 1.807) is 6.92 Å². The zero-order valence-corrected chi connectivity index (χ0v) is 30.3. The predicted molar refractivity (Wildman–Crippen MR) is 175 cm³/mol. The summed E-state index contributed by atoms with van der Waals surface area (Å²) in [7, 11) is 5.14. The minimum atomic E-state index is -1.34. The number of ether oxygens (including phenoxy) is 5. The second kappa shape index (κ2) is 18.5. The molecule has 0 aromatic heterocycles. The molecule has 3 aliphatic heterocycles. The average Bonchev–Trinajstić information content (AvgIpc) is 2.99. The summed E-state index contributed by atoms with van der Waals surface area (Å²) in [6.07, 6.45) is -0.380. The van der Waals surface area contributed by atoms with E-state index in [0.717, 1.165) is 13.5 Å². The van der Waals surface area contributed by atoms with Crippen LogP contribution in [0, 0.1) is 23.7 Å². The number of hydrogen-bond acceptors (Lipinski definition) is 11. The van der Waals surface area contributed by atoms with Crippen LogP contribution in [0.4, 0.5) is 0 Å².